The molecule has 0 aromatic heterocycles. The summed E-state index contributed by atoms with van der Waals surface area (Å²) in [6, 6.07) is 29.9. The van der Waals surface area contributed by atoms with Gasteiger partial charge >= 0.3 is 0 Å². The summed E-state index contributed by atoms with van der Waals surface area (Å²) in [5.74, 6) is 0. The van der Waals surface area contributed by atoms with Crippen molar-refractivity contribution in [3.8, 4) is 0 Å². The van der Waals surface area contributed by atoms with Crippen LogP contribution < -0.4 is 4.90 Å². The molecule has 0 aliphatic rings. The third-order valence-corrected chi connectivity index (χ3v) is 3.68. The van der Waals surface area contributed by atoms with Gasteiger partial charge in [0.05, 0.1) is 11.4 Å². The molecule has 1 radical (unpaired) electrons. The second-order valence-corrected chi connectivity index (χ2v) is 5.38. The smallest absolute Gasteiger partial charge is 0.0857 e. The van der Waals surface area contributed by atoms with E-state index in [9.17, 15) is 0 Å². The number of para-hydroxylation sites is 1. The molecule has 0 saturated heterocycles. The van der Waals surface area contributed by atoms with Gasteiger partial charge in [0.25, 0.3) is 0 Å². The van der Waals surface area contributed by atoms with Crippen LogP contribution in [0.4, 0.5) is 17.1 Å². The molecular formula is C22H25N3Na. The maximum atomic E-state index is 4.10. The minimum absolute atomic E-state index is 0. The number of azo groups is 1. The van der Waals surface area contributed by atoms with E-state index in [-0.39, 0.29) is 29.6 Å². The Hall–Kier alpha value is -1.94. The van der Waals surface area contributed by atoms with E-state index in [0.29, 0.717) is 0 Å². The van der Waals surface area contributed by atoms with Gasteiger partial charge in [-0.05, 0) is 50.2 Å². The molecule has 4 heteroatoms. The zero-order valence-corrected chi connectivity index (χ0v) is 17.9. The summed E-state index contributed by atoms with van der Waals surface area (Å²) in [7, 11) is 0. The predicted octanol–water partition coefficient (Wildman–Crippen LogP) is 6.25. The first-order valence-corrected chi connectivity index (χ1v) is 8.65. The summed E-state index contributed by atoms with van der Waals surface area (Å²) in [6.07, 6.45) is 0. The topological polar surface area (TPSA) is 28.0 Å². The molecule has 0 amide bonds. The molecule has 0 atom stereocenters. The number of rotatable bonds is 5. The van der Waals surface area contributed by atoms with E-state index in [4.69, 9.17) is 0 Å². The normalized spacial score (nSPS) is 9.77. The first-order chi connectivity index (χ1) is 12.3. The fourth-order valence-corrected chi connectivity index (χ4v) is 2.33. The Balaban J connectivity index is 0.000000258. The van der Waals surface area contributed by atoms with Crippen molar-refractivity contribution in [3.05, 3.63) is 91.0 Å². The molecule has 0 aliphatic heterocycles. The molecule has 3 nitrogen and oxygen atoms in total. The van der Waals surface area contributed by atoms with E-state index in [1.807, 2.05) is 66.7 Å². The molecule has 0 unspecified atom stereocenters. The van der Waals surface area contributed by atoms with Crippen LogP contribution in [-0.4, -0.2) is 42.6 Å². The Morgan fingerprint density at radius 3 is 1.27 bits per heavy atom. The molecule has 0 N–H and O–H groups in total. The molecule has 0 aliphatic carbocycles. The van der Waals surface area contributed by atoms with Crippen molar-refractivity contribution >= 4 is 46.6 Å². The number of hydrogen-bond donors (Lipinski definition) is 0. The zero-order chi connectivity index (χ0) is 17.7. The molecule has 0 spiro atoms. The molecule has 3 rings (SSSR count). The summed E-state index contributed by atoms with van der Waals surface area (Å²) >= 11 is 0. The largest absolute Gasteiger partial charge is 0.372 e. The van der Waals surface area contributed by atoms with Gasteiger partial charge in [-0.25, -0.2) is 0 Å². The quantitative estimate of drug-likeness (QED) is 0.393. The number of nitrogens with zero attached hydrogens (tertiary/aromatic N) is 3. The van der Waals surface area contributed by atoms with E-state index >= 15 is 0 Å². The summed E-state index contributed by atoms with van der Waals surface area (Å²) < 4.78 is 0. The minimum Gasteiger partial charge on any atom is -0.372 e. The summed E-state index contributed by atoms with van der Waals surface area (Å²) in [5, 5.41) is 8.20. The van der Waals surface area contributed by atoms with Crippen LogP contribution in [0.3, 0.4) is 0 Å². The van der Waals surface area contributed by atoms with Gasteiger partial charge in [0.15, 0.2) is 0 Å². The third kappa shape index (κ3) is 7.96. The summed E-state index contributed by atoms with van der Waals surface area (Å²) in [4.78, 5) is 2.33. The molecule has 3 aromatic carbocycles. The van der Waals surface area contributed by atoms with E-state index in [1.165, 1.54) is 5.69 Å². The number of anilines is 1. The van der Waals surface area contributed by atoms with Crippen molar-refractivity contribution in [3.63, 3.8) is 0 Å². The second-order valence-electron chi connectivity index (χ2n) is 5.38. The summed E-state index contributed by atoms with van der Waals surface area (Å²) in [6.45, 7) is 6.52. The number of hydrogen-bond acceptors (Lipinski definition) is 3. The zero-order valence-electron chi connectivity index (χ0n) is 15.9. The van der Waals surface area contributed by atoms with Gasteiger partial charge in [0, 0.05) is 48.3 Å². The van der Waals surface area contributed by atoms with Crippen molar-refractivity contribution in [1.29, 1.82) is 0 Å². The van der Waals surface area contributed by atoms with Crippen LogP contribution in [0.5, 0.6) is 0 Å². The van der Waals surface area contributed by atoms with Gasteiger partial charge in [-0.3, -0.25) is 0 Å². The van der Waals surface area contributed by atoms with Crippen LogP contribution in [0.15, 0.2) is 101 Å². The van der Waals surface area contributed by atoms with Crippen molar-refractivity contribution in [2.75, 3.05) is 18.0 Å². The molecule has 26 heavy (non-hydrogen) atoms. The van der Waals surface area contributed by atoms with Crippen LogP contribution in [0.25, 0.3) is 0 Å². The van der Waals surface area contributed by atoms with Crippen molar-refractivity contribution in [2.45, 2.75) is 13.8 Å². The standard InChI is InChI=1S/C12H10N2.C10H15N.Na/c1-3-7-11(8-4-1)13-14-12-9-5-2-6-10-12;1-3-11(4-2)10-8-6-5-7-9-10;/h1-10H;5-9H,3-4H2,1-2H3;. The molecule has 129 valence electrons. The van der Waals surface area contributed by atoms with Gasteiger partial charge in [-0.1, -0.05) is 54.6 Å². The monoisotopic (exact) mass is 354 g/mol. The average molecular weight is 354 g/mol. The van der Waals surface area contributed by atoms with Crippen molar-refractivity contribution in [1.82, 2.24) is 0 Å². The fraction of sp³-hybridized carbons (Fsp3) is 0.182. The van der Waals surface area contributed by atoms with E-state index in [2.05, 4.69) is 53.2 Å². The average Bonchev–Trinajstić information content (AvgIpc) is 2.70. The van der Waals surface area contributed by atoms with Gasteiger partial charge in [-0.15, -0.1) is 0 Å². The van der Waals surface area contributed by atoms with Gasteiger partial charge in [0.2, 0.25) is 0 Å². The number of benzene rings is 3. The van der Waals surface area contributed by atoms with E-state index in [0.717, 1.165) is 24.5 Å². The van der Waals surface area contributed by atoms with Crippen LogP contribution in [0, 0.1) is 0 Å². The summed E-state index contributed by atoms with van der Waals surface area (Å²) in [5.41, 5.74) is 3.06. The van der Waals surface area contributed by atoms with Gasteiger partial charge in [-0.2, -0.15) is 10.2 Å². The Morgan fingerprint density at radius 1 is 0.577 bits per heavy atom. The Morgan fingerprint density at radius 2 is 0.923 bits per heavy atom. The molecule has 0 bridgehead atoms. The molecule has 3 aromatic rings. The molecule has 0 saturated carbocycles. The molecule has 0 heterocycles. The van der Waals surface area contributed by atoms with Crippen molar-refractivity contribution < 1.29 is 0 Å². The Kier molecular flexibility index (Phi) is 11.3. The van der Waals surface area contributed by atoms with Gasteiger partial charge in [0.1, 0.15) is 0 Å². The maximum absolute atomic E-state index is 4.10. The van der Waals surface area contributed by atoms with Crippen LogP contribution in [-0.2, 0) is 0 Å². The second kappa shape index (κ2) is 13.3. The fourth-order valence-electron chi connectivity index (χ4n) is 2.33. The van der Waals surface area contributed by atoms with E-state index in [1.54, 1.807) is 0 Å². The van der Waals surface area contributed by atoms with Crippen molar-refractivity contribution in [2.24, 2.45) is 10.2 Å². The SMILES string of the molecule is CCN(CC)c1ccccc1.[Na].c1ccc(N=Nc2ccccc2)cc1. The minimum atomic E-state index is 0. The predicted molar refractivity (Wildman–Crippen MR) is 113 cm³/mol. The molecule has 0 fully saturated rings. The van der Waals surface area contributed by atoms with Crippen LogP contribution >= 0.6 is 0 Å². The van der Waals surface area contributed by atoms with Crippen LogP contribution in [0.2, 0.25) is 0 Å². The first kappa shape index (κ1) is 22.1. The molecular weight excluding hydrogens is 329 g/mol. The Labute approximate surface area is 179 Å². The van der Waals surface area contributed by atoms with Crippen LogP contribution in [0.1, 0.15) is 13.8 Å². The van der Waals surface area contributed by atoms with Gasteiger partial charge < -0.3 is 4.90 Å². The third-order valence-electron chi connectivity index (χ3n) is 3.68. The Bertz CT molecular complexity index is 686. The van der Waals surface area contributed by atoms with E-state index < -0.39 is 0 Å². The maximum Gasteiger partial charge on any atom is 0.0857 e. The first-order valence-electron chi connectivity index (χ1n) is 8.65.